The summed E-state index contributed by atoms with van der Waals surface area (Å²) in [6.07, 6.45) is 5.18. The van der Waals surface area contributed by atoms with Gasteiger partial charge in [-0.05, 0) is 62.3 Å². The van der Waals surface area contributed by atoms with Crippen LogP contribution in [0.3, 0.4) is 0 Å². The van der Waals surface area contributed by atoms with Crippen molar-refractivity contribution in [3.8, 4) is 6.07 Å². The van der Waals surface area contributed by atoms with Gasteiger partial charge >= 0.3 is 0 Å². The first-order valence-corrected chi connectivity index (χ1v) is 10.0. The van der Waals surface area contributed by atoms with Crippen molar-refractivity contribution in [1.82, 2.24) is 4.98 Å². The molecule has 1 aliphatic carbocycles. The van der Waals surface area contributed by atoms with Crippen molar-refractivity contribution in [2.45, 2.75) is 49.3 Å². The van der Waals surface area contributed by atoms with E-state index in [2.05, 4.69) is 12.1 Å². The summed E-state index contributed by atoms with van der Waals surface area (Å²) < 4.78 is 0. The molecule has 1 unspecified atom stereocenters. The highest BCUT2D eigenvalue weighted by Crippen LogP contribution is 2.33. The van der Waals surface area contributed by atoms with E-state index in [1.54, 1.807) is 0 Å². The average Bonchev–Trinajstić information content (AvgIpc) is 3.10. The number of hydrogen-bond donors (Lipinski definition) is 0. The SMILES string of the molecule is CC(Sc1nc2c(cc1C#N)CCCC2)C(=O)N1CCc2ccccc21. The summed E-state index contributed by atoms with van der Waals surface area (Å²) in [5, 5.41) is 9.93. The molecule has 132 valence electrons. The second kappa shape index (κ2) is 7.13. The van der Waals surface area contributed by atoms with Crippen molar-refractivity contribution < 1.29 is 4.79 Å². The van der Waals surface area contributed by atoms with Gasteiger partial charge in [-0.15, -0.1) is 0 Å². The zero-order valence-electron chi connectivity index (χ0n) is 14.9. The summed E-state index contributed by atoms with van der Waals surface area (Å²) in [5.74, 6) is 0.0864. The first-order chi connectivity index (χ1) is 12.7. The highest BCUT2D eigenvalue weighted by atomic mass is 32.2. The maximum atomic E-state index is 13.0. The Labute approximate surface area is 158 Å². The number of benzene rings is 1. The predicted octanol–water partition coefficient (Wildman–Crippen LogP) is 3.90. The lowest BCUT2D eigenvalue weighted by molar-refractivity contribution is -0.117. The van der Waals surface area contributed by atoms with E-state index in [1.165, 1.54) is 22.9 Å². The van der Waals surface area contributed by atoms with E-state index in [1.807, 2.05) is 36.1 Å². The van der Waals surface area contributed by atoms with Gasteiger partial charge in [0.05, 0.1) is 10.8 Å². The molecule has 2 aliphatic rings. The van der Waals surface area contributed by atoms with Gasteiger partial charge in [-0.25, -0.2) is 4.98 Å². The smallest absolute Gasteiger partial charge is 0.240 e. The zero-order valence-corrected chi connectivity index (χ0v) is 15.7. The number of hydrogen-bond acceptors (Lipinski definition) is 4. The number of nitrogens with zero attached hydrogens (tertiary/aromatic N) is 3. The molecule has 1 amide bonds. The van der Waals surface area contributed by atoms with Crippen LogP contribution in [0, 0.1) is 11.3 Å². The Kier molecular flexibility index (Phi) is 4.69. The quantitative estimate of drug-likeness (QED) is 0.776. The number of para-hydroxylation sites is 1. The molecule has 0 N–H and O–H groups in total. The number of aromatic nitrogens is 1. The van der Waals surface area contributed by atoms with Gasteiger partial charge in [0.15, 0.2) is 0 Å². The van der Waals surface area contributed by atoms with Crippen LogP contribution in [-0.4, -0.2) is 22.7 Å². The lowest BCUT2D eigenvalue weighted by Crippen LogP contribution is -2.35. The molecule has 0 spiro atoms. The Morgan fingerprint density at radius 1 is 1.23 bits per heavy atom. The molecule has 1 aromatic heterocycles. The third-order valence-corrected chi connectivity index (χ3v) is 6.27. The van der Waals surface area contributed by atoms with Crippen LogP contribution in [0.15, 0.2) is 35.4 Å². The van der Waals surface area contributed by atoms with E-state index in [-0.39, 0.29) is 11.2 Å². The number of anilines is 1. The van der Waals surface area contributed by atoms with Crippen molar-refractivity contribution >= 4 is 23.4 Å². The summed E-state index contributed by atoms with van der Waals surface area (Å²) >= 11 is 1.41. The van der Waals surface area contributed by atoms with Crippen LogP contribution in [0.2, 0.25) is 0 Å². The van der Waals surface area contributed by atoms with Gasteiger partial charge in [0.1, 0.15) is 11.1 Å². The van der Waals surface area contributed by atoms with Crippen LogP contribution in [-0.2, 0) is 24.1 Å². The Morgan fingerprint density at radius 2 is 2.04 bits per heavy atom. The number of fused-ring (bicyclic) bond motifs is 2. The Balaban J connectivity index is 1.56. The molecule has 4 rings (SSSR count). The summed E-state index contributed by atoms with van der Waals surface area (Å²) in [6.45, 7) is 2.64. The van der Waals surface area contributed by atoms with Crippen molar-refractivity contribution in [2.24, 2.45) is 0 Å². The molecular formula is C21H21N3OS. The summed E-state index contributed by atoms with van der Waals surface area (Å²) in [7, 11) is 0. The van der Waals surface area contributed by atoms with Crippen molar-refractivity contribution in [1.29, 1.82) is 5.26 Å². The van der Waals surface area contributed by atoms with Gasteiger partial charge in [0.2, 0.25) is 5.91 Å². The molecule has 5 heteroatoms. The van der Waals surface area contributed by atoms with Crippen LogP contribution >= 0.6 is 11.8 Å². The first-order valence-electron chi connectivity index (χ1n) is 9.16. The molecule has 0 radical (unpaired) electrons. The van der Waals surface area contributed by atoms with Gasteiger partial charge in [0.25, 0.3) is 0 Å². The number of pyridine rings is 1. The van der Waals surface area contributed by atoms with Gasteiger partial charge in [-0.2, -0.15) is 5.26 Å². The number of nitriles is 1. The molecule has 2 heterocycles. The van der Waals surface area contributed by atoms with E-state index in [0.717, 1.165) is 50.0 Å². The molecule has 26 heavy (non-hydrogen) atoms. The molecule has 1 atom stereocenters. The fraction of sp³-hybridized carbons (Fsp3) is 0.381. The largest absolute Gasteiger partial charge is 0.311 e. The number of amides is 1. The van der Waals surface area contributed by atoms with Crippen LogP contribution in [0.4, 0.5) is 5.69 Å². The van der Waals surface area contributed by atoms with Crippen molar-refractivity contribution in [2.75, 3.05) is 11.4 Å². The molecular weight excluding hydrogens is 342 g/mol. The molecule has 0 bridgehead atoms. The Bertz CT molecular complexity index is 903. The topological polar surface area (TPSA) is 57.0 Å². The Morgan fingerprint density at radius 3 is 2.88 bits per heavy atom. The standard InChI is InChI=1S/C21H21N3OS/c1-14(21(25)24-11-10-15-6-3-5-9-19(15)24)26-20-17(13-22)12-16-7-2-4-8-18(16)23-20/h3,5-6,9,12,14H,2,4,7-8,10-11H2,1H3. The minimum atomic E-state index is -0.276. The van der Waals surface area contributed by atoms with Gasteiger partial charge in [0, 0.05) is 17.9 Å². The van der Waals surface area contributed by atoms with Crippen LogP contribution < -0.4 is 4.90 Å². The third kappa shape index (κ3) is 3.10. The maximum Gasteiger partial charge on any atom is 0.240 e. The third-order valence-electron chi connectivity index (χ3n) is 5.18. The normalized spacial score (nSPS) is 16.5. The molecule has 1 aromatic carbocycles. The number of carbonyl (C=O) groups is 1. The lowest BCUT2D eigenvalue weighted by atomic mass is 9.95. The number of rotatable bonds is 3. The van der Waals surface area contributed by atoms with Crippen LogP contribution in [0.5, 0.6) is 0 Å². The lowest BCUT2D eigenvalue weighted by Gasteiger charge is -2.22. The highest BCUT2D eigenvalue weighted by Gasteiger charge is 2.29. The molecule has 1 aliphatic heterocycles. The van der Waals surface area contributed by atoms with Gasteiger partial charge in [-0.3, -0.25) is 4.79 Å². The minimum absolute atomic E-state index is 0.0864. The van der Waals surface area contributed by atoms with Crippen LogP contribution in [0.1, 0.15) is 42.1 Å². The molecule has 2 aromatic rings. The number of carbonyl (C=O) groups excluding carboxylic acids is 1. The summed E-state index contributed by atoms with van der Waals surface area (Å²) in [5.41, 5.74) is 5.14. The number of aryl methyl sites for hydroxylation is 2. The summed E-state index contributed by atoms with van der Waals surface area (Å²) in [4.78, 5) is 19.6. The number of thioether (sulfide) groups is 1. The molecule has 0 fully saturated rings. The summed E-state index contributed by atoms with van der Waals surface area (Å²) in [6, 6.07) is 12.3. The van der Waals surface area contributed by atoms with E-state index in [4.69, 9.17) is 4.98 Å². The van der Waals surface area contributed by atoms with Gasteiger partial charge in [-0.1, -0.05) is 30.0 Å². The highest BCUT2D eigenvalue weighted by molar-refractivity contribution is 8.00. The minimum Gasteiger partial charge on any atom is -0.311 e. The second-order valence-corrected chi connectivity index (χ2v) is 8.22. The predicted molar refractivity (Wildman–Crippen MR) is 103 cm³/mol. The second-order valence-electron chi connectivity index (χ2n) is 6.89. The molecule has 0 saturated heterocycles. The van der Waals surface area contributed by atoms with Gasteiger partial charge < -0.3 is 4.90 Å². The van der Waals surface area contributed by atoms with E-state index in [0.29, 0.717) is 10.6 Å². The van der Waals surface area contributed by atoms with E-state index >= 15 is 0 Å². The molecule has 0 saturated carbocycles. The fourth-order valence-corrected chi connectivity index (χ4v) is 4.75. The molecule has 4 nitrogen and oxygen atoms in total. The van der Waals surface area contributed by atoms with E-state index < -0.39 is 0 Å². The maximum absolute atomic E-state index is 13.0. The van der Waals surface area contributed by atoms with Crippen molar-refractivity contribution in [3.05, 3.63) is 52.7 Å². The van der Waals surface area contributed by atoms with Crippen LogP contribution in [0.25, 0.3) is 0 Å². The van der Waals surface area contributed by atoms with E-state index in [9.17, 15) is 10.1 Å². The zero-order chi connectivity index (χ0) is 18.1. The average molecular weight is 363 g/mol. The monoisotopic (exact) mass is 363 g/mol. The van der Waals surface area contributed by atoms with Crippen molar-refractivity contribution in [3.63, 3.8) is 0 Å². The fourth-order valence-electron chi connectivity index (χ4n) is 3.79. The Hall–Kier alpha value is -2.32. The first kappa shape index (κ1) is 17.1.